The molecule has 1 aromatic rings. The molecule has 0 unspecified atom stereocenters. The minimum atomic E-state index is 0.329. The van der Waals surface area contributed by atoms with Gasteiger partial charge in [0, 0.05) is 25.4 Å². The fraction of sp³-hybridized carbons (Fsp3) is 0.733. The van der Waals surface area contributed by atoms with Crippen molar-refractivity contribution < 1.29 is 4.79 Å². The first kappa shape index (κ1) is 14.9. The summed E-state index contributed by atoms with van der Waals surface area (Å²) in [4.78, 5) is 16.1. The molecule has 0 N–H and O–H groups in total. The number of hydrogen-bond donors (Lipinski definition) is 0. The molecule has 0 atom stereocenters. The number of nitrogens with zero attached hydrogens (tertiary/aromatic N) is 2. The first-order chi connectivity index (χ1) is 8.77. The predicted molar refractivity (Wildman–Crippen MR) is 74.6 cm³/mol. The van der Waals surface area contributed by atoms with Gasteiger partial charge in [-0.15, -0.1) is 0 Å². The van der Waals surface area contributed by atoms with E-state index in [4.69, 9.17) is 0 Å². The lowest BCUT2D eigenvalue weighted by atomic mass is 10.1. The van der Waals surface area contributed by atoms with E-state index < -0.39 is 0 Å². The van der Waals surface area contributed by atoms with Gasteiger partial charge in [0.2, 0.25) is 0 Å². The molecular formula is C15H26N2O. The van der Waals surface area contributed by atoms with Gasteiger partial charge in [-0.05, 0) is 12.8 Å². The van der Waals surface area contributed by atoms with Crippen molar-refractivity contribution in [1.29, 1.82) is 0 Å². The molecule has 0 radical (unpaired) electrons. The Morgan fingerprint density at radius 2 is 1.94 bits per heavy atom. The van der Waals surface area contributed by atoms with Crippen molar-refractivity contribution >= 4 is 5.78 Å². The van der Waals surface area contributed by atoms with Crippen LogP contribution in [0.2, 0.25) is 0 Å². The third-order valence-corrected chi connectivity index (χ3v) is 3.18. The zero-order valence-corrected chi connectivity index (χ0v) is 11.8. The fourth-order valence-electron chi connectivity index (χ4n) is 2.14. The summed E-state index contributed by atoms with van der Waals surface area (Å²) in [5, 5.41) is 0. The summed E-state index contributed by atoms with van der Waals surface area (Å²) in [5.74, 6) is 1.26. The molecule has 0 spiro atoms. The molecule has 3 nitrogen and oxygen atoms in total. The Hall–Kier alpha value is -1.12. The Morgan fingerprint density at radius 3 is 2.67 bits per heavy atom. The topological polar surface area (TPSA) is 34.9 Å². The molecule has 1 rings (SSSR count). The summed E-state index contributed by atoms with van der Waals surface area (Å²) in [7, 11) is 0. The highest BCUT2D eigenvalue weighted by Gasteiger charge is 2.08. The van der Waals surface area contributed by atoms with Crippen LogP contribution in [0.4, 0.5) is 0 Å². The molecule has 1 heterocycles. The van der Waals surface area contributed by atoms with Gasteiger partial charge in [-0.1, -0.05) is 39.5 Å². The Bertz CT molecular complexity index is 344. The second kappa shape index (κ2) is 8.90. The SMILES string of the molecule is CCCCCCCC(=O)Cc1nccn1CCC. The lowest BCUT2D eigenvalue weighted by Crippen LogP contribution is -2.09. The zero-order valence-electron chi connectivity index (χ0n) is 11.8. The number of carbonyl (C=O) groups excluding carboxylic acids is 1. The van der Waals surface area contributed by atoms with Crippen molar-refractivity contribution in [2.75, 3.05) is 0 Å². The maximum Gasteiger partial charge on any atom is 0.140 e. The largest absolute Gasteiger partial charge is 0.335 e. The highest BCUT2D eigenvalue weighted by molar-refractivity contribution is 5.80. The van der Waals surface area contributed by atoms with Gasteiger partial charge in [0.25, 0.3) is 0 Å². The van der Waals surface area contributed by atoms with E-state index in [1.54, 1.807) is 6.20 Å². The van der Waals surface area contributed by atoms with E-state index in [0.717, 1.165) is 25.2 Å². The summed E-state index contributed by atoms with van der Waals surface area (Å²) in [6.07, 6.45) is 12.1. The number of aryl methyl sites for hydroxylation is 1. The van der Waals surface area contributed by atoms with Crippen LogP contribution in [0.3, 0.4) is 0 Å². The summed E-state index contributed by atoms with van der Waals surface area (Å²) in [5.41, 5.74) is 0. The van der Waals surface area contributed by atoms with Crippen molar-refractivity contribution in [3.05, 3.63) is 18.2 Å². The Morgan fingerprint density at radius 1 is 1.17 bits per heavy atom. The van der Waals surface area contributed by atoms with Crippen LogP contribution in [-0.2, 0) is 17.8 Å². The van der Waals surface area contributed by atoms with E-state index in [1.807, 2.05) is 6.20 Å². The van der Waals surface area contributed by atoms with Gasteiger partial charge in [0.05, 0.1) is 6.42 Å². The molecular weight excluding hydrogens is 224 g/mol. The first-order valence-corrected chi connectivity index (χ1v) is 7.29. The van der Waals surface area contributed by atoms with Crippen LogP contribution in [0.15, 0.2) is 12.4 Å². The minimum absolute atomic E-state index is 0.329. The van der Waals surface area contributed by atoms with E-state index in [1.165, 1.54) is 25.7 Å². The number of rotatable bonds is 10. The van der Waals surface area contributed by atoms with Gasteiger partial charge in [0.15, 0.2) is 0 Å². The number of ketones is 1. The maximum atomic E-state index is 11.8. The quantitative estimate of drug-likeness (QED) is 0.592. The van der Waals surface area contributed by atoms with Gasteiger partial charge in [-0.2, -0.15) is 0 Å². The van der Waals surface area contributed by atoms with Gasteiger partial charge in [-0.25, -0.2) is 4.98 Å². The predicted octanol–water partition coefficient (Wildman–Crippen LogP) is 3.77. The van der Waals surface area contributed by atoms with Gasteiger partial charge in [-0.3, -0.25) is 4.79 Å². The highest BCUT2D eigenvalue weighted by atomic mass is 16.1. The molecule has 3 heteroatoms. The lowest BCUT2D eigenvalue weighted by molar-refractivity contribution is -0.118. The van der Waals surface area contributed by atoms with Gasteiger partial charge >= 0.3 is 0 Å². The smallest absolute Gasteiger partial charge is 0.140 e. The van der Waals surface area contributed by atoms with Crippen LogP contribution in [0.5, 0.6) is 0 Å². The number of hydrogen-bond acceptors (Lipinski definition) is 2. The number of unbranched alkanes of at least 4 members (excludes halogenated alkanes) is 4. The number of aromatic nitrogens is 2. The van der Waals surface area contributed by atoms with Gasteiger partial charge < -0.3 is 4.57 Å². The average molecular weight is 250 g/mol. The molecule has 0 aliphatic carbocycles. The molecule has 0 aliphatic heterocycles. The standard InChI is InChI=1S/C15H26N2O/c1-3-5-6-7-8-9-14(18)13-15-16-10-12-17(15)11-4-2/h10,12H,3-9,11,13H2,1-2H3. The van der Waals surface area contributed by atoms with Crippen LogP contribution in [0.1, 0.15) is 64.6 Å². The molecule has 18 heavy (non-hydrogen) atoms. The number of Topliss-reactive ketones (excluding diaryl/α,β-unsaturated/α-hetero) is 1. The van der Waals surface area contributed by atoms with E-state index >= 15 is 0 Å². The number of carbonyl (C=O) groups is 1. The molecule has 0 amide bonds. The molecule has 0 saturated heterocycles. The number of imidazole rings is 1. The molecule has 0 saturated carbocycles. The van der Waals surface area contributed by atoms with Gasteiger partial charge in [0.1, 0.15) is 11.6 Å². The van der Waals surface area contributed by atoms with E-state index in [0.29, 0.717) is 18.6 Å². The highest BCUT2D eigenvalue weighted by Crippen LogP contribution is 2.08. The van der Waals surface area contributed by atoms with Crippen LogP contribution in [0.25, 0.3) is 0 Å². The van der Waals surface area contributed by atoms with E-state index in [-0.39, 0.29) is 0 Å². The molecule has 1 aromatic heterocycles. The van der Waals surface area contributed by atoms with Crippen molar-refractivity contribution in [1.82, 2.24) is 9.55 Å². The molecule has 0 bridgehead atoms. The minimum Gasteiger partial charge on any atom is -0.335 e. The Labute approximate surface area is 111 Å². The summed E-state index contributed by atoms with van der Waals surface area (Å²) in [6.45, 7) is 5.30. The average Bonchev–Trinajstić information content (AvgIpc) is 2.77. The summed E-state index contributed by atoms with van der Waals surface area (Å²) in [6, 6.07) is 0. The van der Waals surface area contributed by atoms with E-state index in [9.17, 15) is 4.79 Å². The van der Waals surface area contributed by atoms with E-state index in [2.05, 4.69) is 23.4 Å². The van der Waals surface area contributed by atoms with Crippen molar-refractivity contribution in [3.63, 3.8) is 0 Å². The third-order valence-electron chi connectivity index (χ3n) is 3.18. The maximum absolute atomic E-state index is 11.8. The lowest BCUT2D eigenvalue weighted by Gasteiger charge is -2.05. The third kappa shape index (κ3) is 5.48. The van der Waals surface area contributed by atoms with Crippen LogP contribution in [0, 0.1) is 0 Å². The molecule has 0 aromatic carbocycles. The van der Waals surface area contributed by atoms with Crippen LogP contribution < -0.4 is 0 Å². The molecule has 0 fully saturated rings. The fourth-order valence-corrected chi connectivity index (χ4v) is 2.14. The summed E-state index contributed by atoms with van der Waals surface area (Å²) >= 11 is 0. The monoisotopic (exact) mass is 250 g/mol. The normalized spacial score (nSPS) is 10.8. The second-order valence-corrected chi connectivity index (χ2v) is 4.92. The van der Waals surface area contributed by atoms with Crippen molar-refractivity contribution in [2.45, 2.75) is 71.8 Å². The van der Waals surface area contributed by atoms with Crippen LogP contribution >= 0.6 is 0 Å². The first-order valence-electron chi connectivity index (χ1n) is 7.29. The van der Waals surface area contributed by atoms with Crippen molar-refractivity contribution in [2.24, 2.45) is 0 Å². The second-order valence-electron chi connectivity index (χ2n) is 4.92. The Kier molecular flexibility index (Phi) is 7.38. The molecule has 0 aliphatic rings. The van der Waals surface area contributed by atoms with Crippen molar-refractivity contribution in [3.8, 4) is 0 Å². The molecule has 102 valence electrons. The zero-order chi connectivity index (χ0) is 13.2. The van der Waals surface area contributed by atoms with Crippen LogP contribution in [-0.4, -0.2) is 15.3 Å². The Balaban J connectivity index is 2.24. The summed E-state index contributed by atoms with van der Waals surface area (Å²) < 4.78 is 2.09.